The van der Waals surface area contributed by atoms with Crippen molar-refractivity contribution in [2.45, 2.75) is 36.1 Å². The molecular formula is C20H27N3O3S2. The van der Waals surface area contributed by atoms with Crippen LogP contribution in [0.4, 0.5) is 0 Å². The lowest BCUT2D eigenvalue weighted by Crippen LogP contribution is -2.43. The van der Waals surface area contributed by atoms with Crippen molar-refractivity contribution in [1.29, 1.82) is 0 Å². The van der Waals surface area contributed by atoms with Crippen LogP contribution >= 0.6 is 11.3 Å². The zero-order valence-corrected chi connectivity index (χ0v) is 17.9. The van der Waals surface area contributed by atoms with E-state index in [1.807, 2.05) is 41.3 Å². The van der Waals surface area contributed by atoms with Crippen molar-refractivity contribution in [2.24, 2.45) is 0 Å². The minimum absolute atomic E-state index is 0.0867. The van der Waals surface area contributed by atoms with Crippen molar-refractivity contribution in [3.63, 3.8) is 0 Å². The molecule has 1 aromatic heterocycles. The van der Waals surface area contributed by atoms with E-state index in [9.17, 15) is 13.2 Å². The van der Waals surface area contributed by atoms with Crippen LogP contribution < -0.4 is 5.32 Å². The first-order valence-electron chi connectivity index (χ1n) is 9.48. The number of hydrogen-bond donors (Lipinski definition) is 1. The Labute approximate surface area is 171 Å². The van der Waals surface area contributed by atoms with Crippen molar-refractivity contribution in [3.05, 3.63) is 52.9 Å². The number of benzene rings is 1. The van der Waals surface area contributed by atoms with E-state index in [-0.39, 0.29) is 5.91 Å². The highest BCUT2D eigenvalue weighted by Crippen LogP contribution is 2.25. The molecule has 8 heteroatoms. The summed E-state index contributed by atoms with van der Waals surface area (Å²) in [5.41, 5.74) is 0.927. The Hall–Kier alpha value is -1.74. The topological polar surface area (TPSA) is 69.7 Å². The molecule has 2 heterocycles. The fourth-order valence-corrected chi connectivity index (χ4v) is 5.74. The van der Waals surface area contributed by atoms with E-state index in [0.717, 1.165) is 36.4 Å². The fraction of sp³-hybridized carbons (Fsp3) is 0.450. The SMILES string of the molecule is CN(C)S(=O)(=O)c1ccc(CNC(C(=O)N2CCCCC2)c2ccccc2)s1. The molecule has 0 saturated carbocycles. The summed E-state index contributed by atoms with van der Waals surface area (Å²) < 4.78 is 26.1. The van der Waals surface area contributed by atoms with E-state index in [0.29, 0.717) is 10.8 Å². The van der Waals surface area contributed by atoms with Gasteiger partial charge in [-0.2, -0.15) is 0 Å². The summed E-state index contributed by atoms with van der Waals surface area (Å²) in [6.45, 7) is 2.04. The molecule has 0 spiro atoms. The Bertz CT molecular complexity index is 888. The van der Waals surface area contributed by atoms with Gasteiger partial charge in [0.25, 0.3) is 10.0 Å². The molecule has 3 rings (SSSR count). The van der Waals surface area contributed by atoms with Gasteiger partial charge in [0.15, 0.2) is 0 Å². The average molecular weight is 422 g/mol. The maximum atomic E-state index is 13.1. The number of hydrogen-bond acceptors (Lipinski definition) is 5. The maximum Gasteiger partial charge on any atom is 0.252 e. The van der Waals surface area contributed by atoms with Crippen LogP contribution in [-0.4, -0.2) is 50.7 Å². The van der Waals surface area contributed by atoms with E-state index >= 15 is 0 Å². The van der Waals surface area contributed by atoms with Crippen molar-refractivity contribution in [3.8, 4) is 0 Å². The lowest BCUT2D eigenvalue weighted by Gasteiger charge is -2.31. The lowest BCUT2D eigenvalue weighted by atomic mass is 10.0. The highest BCUT2D eigenvalue weighted by atomic mass is 32.2. The van der Waals surface area contributed by atoms with Gasteiger partial charge in [-0.25, -0.2) is 12.7 Å². The molecule has 0 bridgehead atoms. The number of carbonyl (C=O) groups excluding carboxylic acids is 1. The van der Waals surface area contributed by atoms with Gasteiger partial charge in [-0.3, -0.25) is 10.1 Å². The molecule has 28 heavy (non-hydrogen) atoms. The second-order valence-electron chi connectivity index (χ2n) is 7.12. The van der Waals surface area contributed by atoms with E-state index in [1.54, 1.807) is 6.07 Å². The van der Waals surface area contributed by atoms with Gasteiger partial charge in [-0.05, 0) is 37.0 Å². The molecule has 1 amide bonds. The number of likely N-dealkylation sites (tertiary alicyclic amines) is 1. The molecule has 1 saturated heterocycles. The second kappa shape index (κ2) is 9.17. The molecule has 1 aliphatic rings. The van der Waals surface area contributed by atoms with E-state index in [4.69, 9.17) is 0 Å². The Balaban J connectivity index is 1.75. The quantitative estimate of drug-likeness (QED) is 0.746. The Morgan fingerprint density at radius 3 is 2.43 bits per heavy atom. The third-order valence-corrected chi connectivity index (χ3v) is 8.27. The predicted octanol–water partition coefficient (Wildman–Crippen LogP) is 2.84. The van der Waals surface area contributed by atoms with Crippen LogP contribution in [0.15, 0.2) is 46.7 Å². The number of amides is 1. The smallest absolute Gasteiger partial charge is 0.252 e. The van der Waals surface area contributed by atoms with Crippen molar-refractivity contribution in [2.75, 3.05) is 27.2 Å². The van der Waals surface area contributed by atoms with Gasteiger partial charge < -0.3 is 4.90 Å². The predicted molar refractivity (Wildman–Crippen MR) is 112 cm³/mol. The minimum atomic E-state index is -3.43. The van der Waals surface area contributed by atoms with Gasteiger partial charge in [0, 0.05) is 38.6 Å². The molecular weight excluding hydrogens is 394 g/mol. The van der Waals surface area contributed by atoms with Gasteiger partial charge in [-0.15, -0.1) is 11.3 Å². The van der Waals surface area contributed by atoms with Crippen LogP contribution in [0.1, 0.15) is 35.7 Å². The van der Waals surface area contributed by atoms with Gasteiger partial charge in [0.2, 0.25) is 5.91 Å². The van der Waals surface area contributed by atoms with Crippen LogP contribution in [0, 0.1) is 0 Å². The zero-order valence-electron chi connectivity index (χ0n) is 16.3. The van der Waals surface area contributed by atoms with Crippen LogP contribution in [0.3, 0.4) is 0 Å². The molecule has 1 aliphatic heterocycles. The monoisotopic (exact) mass is 421 g/mol. The summed E-state index contributed by atoms with van der Waals surface area (Å²) in [7, 11) is -0.384. The number of thiophene rings is 1. The molecule has 1 N–H and O–H groups in total. The number of piperidine rings is 1. The normalized spacial score (nSPS) is 16.3. The minimum Gasteiger partial charge on any atom is -0.341 e. The first-order chi connectivity index (χ1) is 13.4. The number of carbonyl (C=O) groups is 1. The van der Waals surface area contributed by atoms with E-state index < -0.39 is 16.1 Å². The first kappa shape index (κ1) is 21.0. The summed E-state index contributed by atoms with van der Waals surface area (Å²) in [6.07, 6.45) is 3.26. The first-order valence-corrected chi connectivity index (χ1v) is 11.7. The molecule has 1 fully saturated rings. The van der Waals surface area contributed by atoms with Crippen molar-refractivity contribution >= 4 is 27.3 Å². The molecule has 1 unspecified atom stereocenters. The summed E-state index contributed by atoms with van der Waals surface area (Å²) in [4.78, 5) is 16.0. The van der Waals surface area contributed by atoms with Crippen LogP contribution in [0.25, 0.3) is 0 Å². The average Bonchev–Trinajstić information content (AvgIpc) is 3.19. The van der Waals surface area contributed by atoms with Crippen LogP contribution in [0.2, 0.25) is 0 Å². The standard InChI is InChI=1S/C20H27N3O3S2/c1-22(2)28(25,26)18-12-11-17(27-18)15-21-19(16-9-5-3-6-10-16)20(24)23-13-7-4-8-14-23/h3,5-6,9-12,19,21H,4,7-8,13-15H2,1-2H3. The maximum absolute atomic E-state index is 13.1. The fourth-order valence-electron chi connectivity index (χ4n) is 3.26. The number of sulfonamides is 1. The highest BCUT2D eigenvalue weighted by Gasteiger charge is 2.27. The van der Waals surface area contributed by atoms with Gasteiger partial charge in [-0.1, -0.05) is 30.3 Å². The summed E-state index contributed by atoms with van der Waals surface area (Å²) in [6, 6.07) is 12.7. The molecule has 1 atom stereocenters. The number of nitrogens with one attached hydrogen (secondary N) is 1. The molecule has 1 aromatic carbocycles. The highest BCUT2D eigenvalue weighted by molar-refractivity contribution is 7.91. The third kappa shape index (κ3) is 4.81. The zero-order chi connectivity index (χ0) is 20.1. The largest absolute Gasteiger partial charge is 0.341 e. The van der Waals surface area contributed by atoms with Crippen LogP contribution in [0.5, 0.6) is 0 Å². The number of nitrogens with zero attached hydrogens (tertiary/aromatic N) is 2. The van der Waals surface area contributed by atoms with Crippen molar-refractivity contribution < 1.29 is 13.2 Å². The van der Waals surface area contributed by atoms with E-state index in [1.165, 1.54) is 36.2 Å². The Morgan fingerprint density at radius 2 is 1.79 bits per heavy atom. The Morgan fingerprint density at radius 1 is 1.11 bits per heavy atom. The third-order valence-electron chi connectivity index (χ3n) is 4.90. The van der Waals surface area contributed by atoms with Crippen molar-refractivity contribution in [1.82, 2.24) is 14.5 Å². The van der Waals surface area contributed by atoms with Gasteiger partial charge in [0.1, 0.15) is 10.3 Å². The summed E-state index contributed by atoms with van der Waals surface area (Å²) >= 11 is 1.24. The van der Waals surface area contributed by atoms with Crippen LogP contribution in [-0.2, 0) is 21.4 Å². The molecule has 2 aromatic rings. The van der Waals surface area contributed by atoms with Gasteiger partial charge >= 0.3 is 0 Å². The number of rotatable bonds is 7. The molecule has 152 valence electrons. The molecule has 0 aliphatic carbocycles. The van der Waals surface area contributed by atoms with Gasteiger partial charge in [0.05, 0.1) is 0 Å². The molecule has 0 radical (unpaired) electrons. The second-order valence-corrected chi connectivity index (χ2v) is 10.7. The molecule has 6 nitrogen and oxygen atoms in total. The lowest BCUT2D eigenvalue weighted by molar-refractivity contribution is -0.134. The summed E-state index contributed by atoms with van der Waals surface area (Å²) in [5.74, 6) is 0.0867. The Kier molecular flexibility index (Phi) is 6.87. The van der Waals surface area contributed by atoms with E-state index in [2.05, 4.69) is 5.32 Å². The summed E-state index contributed by atoms with van der Waals surface area (Å²) in [5, 5.41) is 3.35.